The van der Waals surface area contributed by atoms with Crippen molar-refractivity contribution in [3.05, 3.63) is 60.7 Å². The lowest BCUT2D eigenvalue weighted by Crippen LogP contribution is -2.47. The van der Waals surface area contributed by atoms with Gasteiger partial charge in [-0.2, -0.15) is 10.2 Å². The van der Waals surface area contributed by atoms with E-state index in [1.54, 1.807) is 6.92 Å². The van der Waals surface area contributed by atoms with Gasteiger partial charge in [0, 0.05) is 11.4 Å². The zero-order valence-corrected chi connectivity index (χ0v) is 23.2. The summed E-state index contributed by atoms with van der Waals surface area (Å²) in [4.78, 5) is 13.0. The van der Waals surface area contributed by atoms with E-state index in [0.29, 0.717) is 0 Å². The minimum absolute atomic E-state index is 0.124. The van der Waals surface area contributed by atoms with Crippen LogP contribution in [0.15, 0.2) is 70.9 Å². The fraction of sp³-hybridized carbons (Fsp3) is 0.423. The Morgan fingerprint density at radius 2 is 1.09 bits per heavy atom. The van der Waals surface area contributed by atoms with E-state index in [2.05, 4.69) is 72.9 Å². The summed E-state index contributed by atoms with van der Waals surface area (Å²) in [6.07, 6.45) is 2.62. The molecule has 7 heteroatoms. The highest BCUT2D eigenvalue weighted by Gasteiger charge is 2.35. The number of Topliss-reactive ketones (excluding diaryl/α,β-unsaturated/α-hetero) is 1. The summed E-state index contributed by atoms with van der Waals surface area (Å²) < 4.78 is 4.38. The number of carbonyl (C=O) groups excluding carboxylic acids is 1. The Morgan fingerprint density at radius 3 is 1.39 bits per heavy atom. The van der Waals surface area contributed by atoms with Crippen molar-refractivity contribution in [1.82, 2.24) is 0 Å². The molecule has 0 saturated heterocycles. The van der Waals surface area contributed by atoms with E-state index in [0.717, 1.165) is 42.1 Å². The minimum atomic E-state index is -1.82. The van der Waals surface area contributed by atoms with Crippen molar-refractivity contribution in [2.24, 2.45) is 16.1 Å². The van der Waals surface area contributed by atoms with Crippen molar-refractivity contribution in [2.45, 2.75) is 65.5 Å². The van der Waals surface area contributed by atoms with Crippen molar-refractivity contribution in [3.63, 3.8) is 0 Å². The molecule has 3 rings (SSSR count). The fourth-order valence-electron chi connectivity index (χ4n) is 4.20. The van der Waals surface area contributed by atoms with Gasteiger partial charge in [0.25, 0.3) is 0 Å². The molecule has 1 aliphatic rings. The standard InChI is InChI=1S/C26H38N4OSi2/c1-21(31)26-24(27-29(32(2,3)4)22-15-10-8-11-16-22)19-14-20-25(26)28-30(33(5,6)7)23-17-12-9-13-18-23/h8-13,15-18,26H,14,19-20H2,1-7H3/b27-24+,28-25+. The molecule has 0 N–H and O–H groups in total. The van der Waals surface area contributed by atoms with E-state index in [9.17, 15) is 4.79 Å². The first kappa shape index (κ1) is 25.1. The molecule has 2 aromatic rings. The van der Waals surface area contributed by atoms with Crippen LogP contribution in [0.3, 0.4) is 0 Å². The van der Waals surface area contributed by atoms with E-state index in [1.165, 1.54) is 0 Å². The molecule has 0 bridgehead atoms. The lowest BCUT2D eigenvalue weighted by molar-refractivity contribution is -0.117. The molecule has 0 atom stereocenters. The topological polar surface area (TPSA) is 48.3 Å². The third-order valence-corrected chi connectivity index (χ3v) is 8.93. The second-order valence-corrected chi connectivity index (χ2v) is 20.2. The summed E-state index contributed by atoms with van der Waals surface area (Å²) in [5.74, 6) is -0.233. The van der Waals surface area contributed by atoms with Gasteiger partial charge < -0.3 is 0 Å². The average molecular weight is 479 g/mol. The third kappa shape index (κ3) is 6.29. The second kappa shape index (κ2) is 10.2. The first-order valence-corrected chi connectivity index (χ1v) is 18.7. The SMILES string of the molecule is CC(=O)C1/C(=N/N(c2ccccc2)[Si](C)(C)C)CCC/C1=N\N(c1ccccc1)[Si](C)(C)C. The molecular formula is C26H38N4OSi2. The number of hydrazone groups is 2. The summed E-state index contributed by atoms with van der Waals surface area (Å²) in [7, 11) is -3.64. The van der Waals surface area contributed by atoms with Crippen LogP contribution in [-0.4, -0.2) is 33.7 Å². The molecule has 0 amide bonds. The summed E-state index contributed by atoms with van der Waals surface area (Å²) in [6.45, 7) is 15.4. The number of ketones is 1. The predicted octanol–water partition coefficient (Wildman–Crippen LogP) is 6.77. The lowest BCUT2D eigenvalue weighted by Gasteiger charge is -2.36. The first-order valence-electron chi connectivity index (χ1n) is 11.8. The van der Waals surface area contributed by atoms with E-state index in [1.807, 2.05) is 36.4 Å². The average Bonchev–Trinajstić information content (AvgIpc) is 2.75. The maximum atomic E-state index is 13.0. The maximum absolute atomic E-state index is 13.0. The summed E-state index contributed by atoms with van der Waals surface area (Å²) in [5.41, 5.74) is 4.07. The molecule has 1 aliphatic carbocycles. The van der Waals surface area contributed by atoms with Crippen molar-refractivity contribution in [2.75, 3.05) is 9.35 Å². The number of rotatable bonds is 7. The quantitative estimate of drug-likeness (QED) is 0.326. The molecule has 0 radical (unpaired) electrons. The van der Waals surface area contributed by atoms with Gasteiger partial charge in [0.1, 0.15) is 5.78 Å². The van der Waals surface area contributed by atoms with Gasteiger partial charge in [-0.15, -0.1) is 0 Å². The van der Waals surface area contributed by atoms with Crippen LogP contribution in [0.1, 0.15) is 26.2 Å². The van der Waals surface area contributed by atoms with Crippen LogP contribution in [-0.2, 0) is 4.79 Å². The Balaban J connectivity index is 2.07. The fourth-order valence-corrected chi connectivity index (χ4v) is 6.91. The van der Waals surface area contributed by atoms with E-state index in [-0.39, 0.29) is 11.7 Å². The summed E-state index contributed by atoms with van der Waals surface area (Å²) >= 11 is 0. The third-order valence-electron chi connectivity index (χ3n) is 5.67. The van der Waals surface area contributed by atoms with E-state index in [4.69, 9.17) is 10.2 Å². The van der Waals surface area contributed by atoms with Gasteiger partial charge in [-0.25, -0.2) is 0 Å². The van der Waals surface area contributed by atoms with E-state index >= 15 is 0 Å². The van der Waals surface area contributed by atoms with Gasteiger partial charge in [-0.3, -0.25) is 14.1 Å². The summed E-state index contributed by atoms with van der Waals surface area (Å²) in [5, 5.41) is 10.4. The van der Waals surface area contributed by atoms with Crippen LogP contribution in [0.4, 0.5) is 11.4 Å². The molecule has 33 heavy (non-hydrogen) atoms. The van der Waals surface area contributed by atoms with Gasteiger partial charge in [0.05, 0.1) is 17.3 Å². The Morgan fingerprint density at radius 1 is 0.727 bits per heavy atom. The molecule has 1 saturated carbocycles. The smallest absolute Gasteiger partial charge is 0.176 e. The number of nitrogens with zero attached hydrogens (tertiary/aromatic N) is 4. The number of anilines is 2. The van der Waals surface area contributed by atoms with Gasteiger partial charge in [-0.05, 0) is 89.7 Å². The second-order valence-electron chi connectivity index (χ2n) is 10.7. The number of benzene rings is 2. The molecule has 0 unspecified atom stereocenters. The van der Waals surface area contributed by atoms with Crippen LogP contribution >= 0.6 is 0 Å². The minimum Gasteiger partial charge on any atom is -0.299 e. The van der Waals surface area contributed by atoms with Crippen LogP contribution in [0.5, 0.6) is 0 Å². The Hall–Kier alpha value is -2.52. The first-order chi connectivity index (χ1) is 15.5. The highest BCUT2D eigenvalue weighted by atomic mass is 28.3. The van der Waals surface area contributed by atoms with Gasteiger partial charge in [0.15, 0.2) is 16.5 Å². The van der Waals surface area contributed by atoms with Crippen molar-refractivity contribution in [3.8, 4) is 0 Å². The van der Waals surface area contributed by atoms with E-state index < -0.39 is 16.5 Å². The molecule has 5 nitrogen and oxygen atoms in total. The Bertz CT molecular complexity index is 933. The number of para-hydroxylation sites is 2. The van der Waals surface area contributed by atoms with Crippen LogP contribution in [0.2, 0.25) is 39.3 Å². The zero-order chi connectivity index (χ0) is 24.2. The van der Waals surface area contributed by atoms with Crippen LogP contribution < -0.4 is 9.35 Å². The normalized spacial score (nSPS) is 19.5. The predicted molar refractivity (Wildman–Crippen MR) is 147 cm³/mol. The Labute approximate surface area is 201 Å². The summed E-state index contributed by atoms with van der Waals surface area (Å²) in [6, 6.07) is 20.6. The molecule has 0 spiro atoms. The molecule has 176 valence electrons. The lowest BCUT2D eigenvalue weighted by atomic mass is 9.83. The molecule has 0 aromatic heterocycles. The Kier molecular flexibility index (Phi) is 7.74. The van der Waals surface area contributed by atoms with Crippen molar-refractivity contribution in [1.29, 1.82) is 0 Å². The maximum Gasteiger partial charge on any atom is 0.176 e. The van der Waals surface area contributed by atoms with Crippen molar-refractivity contribution < 1.29 is 4.79 Å². The number of hydrogen-bond acceptors (Lipinski definition) is 5. The number of carbonyl (C=O) groups is 1. The van der Waals surface area contributed by atoms with Gasteiger partial charge >= 0.3 is 0 Å². The van der Waals surface area contributed by atoms with Gasteiger partial charge in [0.2, 0.25) is 0 Å². The van der Waals surface area contributed by atoms with Crippen molar-refractivity contribution >= 4 is 45.1 Å². The molecule has 0 heterocycles. The highest BCUT2D eigenvalue weighted by molar-refractivity contribution is 6.80. The largest absolute Gasteiger partial charge is 0.299 e. The molecule has 2 aromatic carbocycles. The molecule has 1 fully saturated rings. The van der Waals surface area contributed by atoms with Gasteiger partial charge in [-0.1, -0.05) is 36.4 Å². The molecular weight excluding hydrogens is 440 g/mol. The van der Waals surface area contributed by atoms with Crippen LogP contribution in [0.25, 0.3) is 0 Å². The molecule has 0 aliphatic heterocycles. The number of hydrogen-bond donors (Lipinski definition) is 0. The van der Waals surface area contributed by atoms with Crippen LogP contribution in [0, 0.1) is 5.92 Å². The highest BCUT2D eigenvalue weighted by Crippen LogP contribution is 2.29. The monoisotopic (exact) mass is 478 g/mol. The zero-order valence-electron chi connectivity index (χ0n) is 21.2.